The van der Waals surface area contributed by atoms with Crippen LogP contribution in [0.4, 0.5) is 0 Å². The van der Waals surface area contributed by atoms with Crippen LogP contribution in [-0.2, 0) is 13.0 Å². The maximum absolute atomic E-state index is 6.54. The minimum atomic E-state index is 0.546. The summed E-state index contributed by atoms with van der Waals surface area (Å²) in [5, 5.41) is 2.19. The van der Waals surface area contributed by atoms with E-state index in [1.54, 1.807) is 7.11 Å². The highest BCUT2D eigenvalue weighted by molar-refractivity contribution is 6.01. The third kappa shape index (κ3) is 4.04. The molecule has 4 aromatic rings. The lowest BCUT2D eigenvalue weighted by atomic mass is 9.90. The van der Waals surface area contributed by atoms with Crippen molar-refractivity contribution in [2.24, 2.45) is 0 Å². The molecule has 4 rings (SSSR count). The van der Waals surface area contributed by atoms with Gasteiger partial charge in [0.1, 0.15) is 18.1 Å². The van der Waals surface area contributed by atoms with E-state index < -0.39 is 0 Å². The molecule has 0 unspecified atom stereocenters. The van der Waals surface area contributed by atoms with Crippen LogP contribution >= 0.6 is 0 Å². The average Bonchev–Trinajstić information content (AvgIpc) is 2.82. The predicted molar refractivity (Wildman–Crippen MR) is 125 cm³/mol. The van der Waals surface area contributed by atoms with Gasteiger partial charge in [0.15, 0.2) is 0 Å². The summed E-state index contributed by atoms with van der Waals surface area (Å²) in [6.07, 6.45) is 3.18. The average molecular weight is 397 g/mol. The van der Waals surface area contributed by atoms with Crippen molar-refractivity contribution in [2.75, 3.05) is 7.11 Å². The number of rotatable bonds is 8. The quantitative estimate of drug-likeness (QED) is 0.308. The molecule has 0 aliphatic rings. The third-order valence-corrected chi connectivity index (χ3v) is 5.49. The second-order valence-corrected chi connectivity index (χ2v) is 7.51. The Bertz CT molecular complexity index is 1100. The summed E-state index contributed by atoms with van der Waals surface area (Å²) in [4.78, 5) is 0. The molecule has 0 radical (unpaired) electrons. The number of unbranched alkanes of at least 4 members (excludes halogenated alkanes) is 1. The fourth-order valence-corrected chi connectivity index (χ4v) is 4.04. The van der Waals surface area contributed by atoms with Gasteiger partial charge in [-0.05, 0) is 24.0 Å². The standard InChI is InChI=1S/C28H28O2/c1-3-4-17-25-26(22-15-9-6-10-16-22)28(29-2)24-19-12-11-18-23(24)27(25)30-20-21-13-7-5-8-14-21/h5-16,18-19H,3-4,17,20H2,1-2H3. The zero-order valence-electron chi connectivity index (χ0n) is 17.7. The molecule has 0 saturated carbocycles. The molecule has 30 heavy (non-hydrogen) atoms. The van der Waals surface area contributed by atoms with Crippen molar-refractivity contribution in [3.8, 4) is 22.6 Å². The van der Waals surface area contributed by atoms with Gasteiger partial charge >= 0.3 is 0 Å². The Kier molecular flexibility index (Phi) is 6.34. The number of hydrogen-bond acceptors (Lipinski definition) is 2. The Morgan fingerprint density at radius 3 is 1.93 bits per heavy atom. The lowest BCUT2D eigenvalue weighted by Crippen LogP contribution is -2.04. The van der Waals surface area contributed by atoms with Gasteiger partial charge in [-0.15, -0.1) is 0 Å². The summed E-state index contributed by atoms with van der Waals surface area (Å²) in [5.41, 5.74) is 4.71. The second kappa shape index (κ2) is 9.49. The van der Waals surface area contributed by atoms with Crippen molar-refractivity contribution in [3.63, 3.8) is 0 Å². The number of ether oxygens (including phenoxy) is 2. The van der Waals surface area contributed by atoms with Crippen molar-refractivity contribution < 1.29 is 9.47 Å². The summed E-state index contributed by atoms with van der Waals surface area (Å²) in [6, 6.07) is 29.3. The first kappa shape index (κ1) is 20.0. The SMILES string of the molecule is CCCCc1c(-c2ccccc2)c(OC)c2ccccc2c1OCc1ccccc1. The molecule has 0 aromatic heterocycles. The summed E-state index contributed by atoms with van der Waals surface area (Å²) < 4.78 is 12.5. The highest BCUT2D eigenvalue weighted by Gasteiger charge is 2.22. The molecular formula is C28H28O2. The highest BCUT2D eigenvalue weighted by atomic mass is 16.5. The van der Waals surface area contributed by atoms with Gasteiger partial charge in [-0.3, -0.25) is 0 Å². The van der Waals surface area contributed by atoms with Crippen LogP contribution in [-0.4, -0.2) is 7.11 Å². The van der Waals surface area contributed by atoms with Gasteiger partial charge in [0.25, 0.3) is 0 Å². The molecule has 4 aromatic carbocycles. The van der Waals surface area contributed by atoms with Crippen LogP contribution in [0.1, 0.15) is 30.9 Å². The normalized spacial score (nSPS) is 10.9. The maximum Gasteiger partial charge on any atom is 0.135 e. The molecule has 0 saturated heterocycles. The zero-order chi connectivity index (χ0) is 20.8. The number of hydrogen-bond donors (Lipinski definition) is 0. The molecule has 0 N–H and O–H groups in total. The fourth-order valence-electron chi connectivity index (χ4n) is 4.04. The van der Waals surface area contributed by atoms with E-state index >= 15 is 0 Å². The smallest absolute Gasteiger partial charge is 0.135 e. The van der Waals surface area contributed by atoms with E-state index in [9.17, 15) is 0 Å². The molecule has 0 spiro atoms. The largest absolute Gasteiger partial charge is 0.495 e. The van der Waals surface area contributed by atoms with Crippen LogP contribution in [0.15, 0.2) is 84.9 Å². The van der Waals surface area contributed by atoms with Crippen molar-refractivity contribution in [3.05, 3.63) is 96.1 Å². The van der Waals surface area contributed by atoms with E-state index in [1.165, 1.54) is 11.1 Å². The first-order chi connectivity index (χ1) is 14.8. The molecule has 2 heteroatoms. The minimum Gasteiger partial charge on any atom is -0.495 e. The Morgan fingerprint density at radius 1 is 0.700 bits per heavy atom. The second-order valence-electron chi connectivity index (χ2n) is 7.51. The van der Waals surface area contributed by atoms with Crippen molar-refractivity contribution in [1.29, 1.82) is 0 Å². The molecule has 0 amide bonds. The summed E-state index contributed by atoms with van der Waals surface area (Å²) in [5.74, 6) is 1.90. The molecule has 0 aliphatic carbocycles. The van der Waals surface area contributed by atoms with Gasteiger partial charge < -0.3 is 9.47 Å². The molecule has 152 valence electrons. The van der Waals surface area contributed by atoms with E-state index in [4.69, 9.17) is 9.47 Å². The summed E-state index contributed by atoms with van der Waals surface area (Å²) in [7, 11) is 1.77. The summed E-state index contributed by atoms with van der Waals surface area (Å²) >= 11 is 0. The van der Waals surface area contributed by atoms with Crippen LogP contribution < -0.4 is 9.47 Å². The topological polar surface area (TPSA) is 18.5 Å². The third-order valence-electron chi connectivity index (χ3n) is 5.49. The van der Waals surface area contributed by atoms with Gasteiger partial charge in [-0.1, -0.05) is 98.3 Å². The van der Waals surface area contributed by atoms with Gasteiger partial charge in [0.2, 0.25) is 0 Å². The monoisotopic (exact) mass is 396 g/mol. The van der Waals surface area contributed by atoms with Gasteiger partial charge in [-0.2, -0.15) is 0 Å². The van der Waals surface area contributed by atoms with Gasteiger partial charge in [0, 0.05) is 21.9 Å². The van der Waals surface area contributed by atoms with E-state index in [1.807, 2.05) is 6.07 Å². The van der Waals surface area contributed by atoms with Crippen LogP contribution in [0, 0.1) is 0 Å². The molecule has 0 fully saturated rings. The van der Waals surface area contributed by atoms with Crippen LogP contribution in [0.2, 0.25) is 0 Å². The van der Waals surface area contributed by atoms with Gasteiger partial charge in [-0.25, -0.2) is 0 Å². The number of benzene rings is 4. The Balaban J connectivity index is 1.95. The van der Waals surface area contributed by atoms with E-state index in [2.05, 4.69) is 85.8 Å². The van der Waals surface area contributed by atoms with Gasteiger partial charge in [0.05, 0.1) is 7.11 Å². The minimum absolute atomic E-state index is 0.546. The van der Waals surface area contributed by atoms with E-state index in [-0.39, 0.29) is 0 Å². The molecular weight excluding hydrogens is 368 g/mol. The number of methoxy groups -OCH3 is 1. The fraction of sp³-hybridized carbons (Fsp3) is 0.214. The lowest BCUT2D eigenvalue weighted by molar-refractivity contribution is 0.306. The Hall–Kier alpha value is -3.26. The molecule has 0 bridgehead atoms. The number of fused-ring (bicyclic) bond motifs is 1. The van der Waals surface area contributed by atoms with Crippen molar-refractivity contribution in [1.82, 2.24) is 0 Å². The lowest BCUT2D eigenvalue weighted by Gasteiger charge is -2.22. The van der Waals surface area contributed by atoms with Crippen LogP contribution in [0.25, 0.3) is 21.9 Å². The van der Waals surface area contributed by atoms with Crippen LogP contribution in [0.5, 0.6) is 11.5 Å². The molecule has 0 heterocycles. The zero-order valence-corrected chi connectivity index (χ0v) is 17.7. The first-order valence-corrected chi connectivity index (χ1v) is 10.7. The molecule has 0 atom stereocenters. The predicted octanol–water partition coefficient (Wildman–Crippen LogP) is 7.44. The highest BCUT2D eigenvalue weighted by Crippen LogP contribution is 2.46. The van der Waals surface area contributed by atoms with Crippen molar-refractivity contribution in [2.45, 2.75) is 32.8 Å². The first-order valence-electron chi connectivity index (χ1n) is 10.7. The molecule has 0 aliphatic heterocycles. The Labute approximate surface area is 179 Å². The summed E-state index contributed by atoms with van der Waals surface area (Å²) in [6.45, 7) is 2.77. The van der Waals surface area contributed by atoms with E-state index in [0.29, 0.717) is 6.61 Å². The van der Waals surface area contributed by atoms with Crippen LogP contribution in [0.3, 0.4) is 0 Å². The maximum atomic E-state index is 6.54. The Morgan fingerprint density at radius 2 is 1.30 bits per heavy atom. The van der Waals surface area contributed by atoms with E-state index in [0.717, 1.165) is 52.7 Å². The van der Waals surface area contributed by atoms with Crippen molar-refractivity contribution >= 4 is 10.8 Å². The molecule has 2 nitrogen and oxygen atoms in total.